The molecule has 0 bridgehead atoms. The number of hydrogen-bond donors (Lipinski definition) is 2. The van der Waals surface area contributed by atoms with Gasteiger partial charge in [-0.1, -0.05) is 12.8 Å². The van der Waals surface area contributed by atoms with Crippen LogP contribution >= 0.6 is 0 Å². The van der Waals surface area contributed by atoms with Crippen LogP contribution < -0.4 is 10.1 Å². The molecule has 0 aliphatic heterocycles. The molecule has 5 heteroatoms. The maximum atomic E-state index is 13.2. The Balaban J connectivity index is 1.73. The number of ether oxygens (including phenoxy) is 2. The predicted octanol–water partition coefficient (Wildman–Crippen LogP) is 2.57. The average molecular weight is 283 g/mol. The highest BCUT2D eigenvalue weighted by Gasteiger charge is 2.16. The minimum absolute atomic E-state index is 0.187. The van der Waals surface area contributed by atoms with Crippen LogP contribution in [0.3, 0.4) is 0 Å². The van der Waals surface area contributed by atoms with Crippen LogP contribution in [0.1, 0.15) is 25.7 Å². The first-order valence-electron chi connectivity index (χ1n) is 7.06. The van der Waals surface area contributed by atoms with Crippen molar-refractivity contribution in [3.8, 4) is 5.75 Å². The van der Waals surface area contributed by atoms with E-state index in [0.717, 1.165) is 12.8 Å². The van der Waals surface area contributed by atoms with Crippen molar-refractivity contribution >= 4 is 5.69 Å². The molecule has 2 N–H and O–H groups in total. The van der Waals surface area contributed by atoms with Gasteiger partial charge in [-0.25, -0.2) is 4.39 Å². The van der Waals surface area contributed by atoms with Crippen molar-refractivity contribution in [2.45, 2.75) is 37.9 Å². The molecule has 0 heterocycles. The van der Waals surface area contributed by atoms with Gasteiger partial charge in [0, 0.05) is 18.3 Å². The molecule has 112 valence electrons. The molecule has 1 aromatic carbocycles. The molecule has 1 unspecified atom stereocenters. The fourth-order valence-electron chi connectivity index (χ4n) is 2.37. The van der Waals surface area contributed by atoms with Gasteiger partial charge >= 0.3 is 0 Å². The zero-order chi connectivity index (χ0) is 14.4. The molecule has 2 rings (SSSR count). The lowest BCUT2D eigenvalue weighted by Gasteiger charge is -2.16. The second-order valence-electron chi connectivity index (χ2n) is 5.12. The molecule has 1 aromatic rings. The van der Waals surface area contributed by atoms with E-state index in [1.165, 1.54) is 26.0 Å². The molecule has 4 nitrogen and oxygen atoms in total. The normalized spacial score (nSPS) is 17.1. The molecular weight excluding hydrogens is 261 g/mol. The number of benzene rings is 1. The van der Waals surface area contributed by atoms with Gasteiger partial charge in [-0.15, -0.1) is 0 Å². The molecule has 0 aromatic heterocycles. The Morgan fingerprint density at radius 2 is 2.15 bits per heavy atom. The number of halogens is 1. The lowest BCUT2D eigenvalue weighted by atomic mass is 10.2. The van der Waals surface area contributed by atoms with Crippen molar-refractivity contribution in [1.82, 2.24) is 0 Å². The molecule has 1 aliphatic carbocycles. The standard InChI is InChI=1S/C15H22FNO3/c1-19-15-8-11(6-7-14(15)16)17-9-12(18)10-20-13-4-2-3-5-13/h6-8,12-13,17-18H,2-5,9-10H2,1H3. The van der Waals surface area contributed by atoms with E-state index in [9.17, 15) is 9.50 Å². The van der Waals surface area contributed by atoms with Crippen LogP contribution in [0.5, 0.6) is 5.75 Å². The molecular formula is C15H22FNO3. The van der Waals surface area contributed by atoms with E-state index >= 15 is 0 Å². The van der Waals surface area contributed by atoms with Gasteiger partial charge in [0.1, 0.15) is 0 Å². The largest absolute Gasteiger partial charge is 0.494 e. The van der Waals surface area contributed by atoms with Gasteiger partial charge in [0.2, 0.25) is 0 Å². The smallest absolute Gasteiger partial charge is 0.165 e. The topological polar surface area (TPSA) is 50.7 Å². The SMILES string of the molecule is COc1cc(NCC(O)COC2CCCC2)ccc1F. The Hall–Kier alpha value is -1.33. The van der Waals surface area contributed by atoms with E-state index in [2.05, 4.69) is 5.32 Å². The maximum Gasteiger partial charge on any atom is 0.165 e. The highest BCUT2D eigenvalue weighted by Crippen LogP contribution is 2.22. The molecule has 1 fully saturated rings. The number of methoxy groups -OCH3 is 1. The predicted molar refractivity (Wildman–Crippen MR) is 75.7 cm³/mol. The van der Waals surface area contributed by atoms with Gasteiger partial charge in [-0.3, -0.25) is 0 Å². The van der Waals surface area contributed by atoms with Crippen molar-refractivity contribution in [3.63, 3.8) is 0 Å². The molecule has 1 saturated carbocycles. The Morgan fingerprint density at radius 1 is 1.40 bits per heavy atom. The van der Waals surface area contributed by atoms with E-state index in [0.29, 0.717) is 24.9 Å². The summed E-state index contributed by atoms with van der Waals surface area (Å²) in [7, 11) is 1.42. The Bertz CT molecular complexity index is 422. The van der Waals surface area contributed by atoms with E-state index in [1.807, 2.05) is 0 Å². The minimum Gasteiger partial charge on any atom is -0.494 e. The van der Waals surface area contributed by atoms with Crippen molar-refractivity contribution in [2.75, 3.05) is 25.6 Å². The second kappa shape index (κ2) is 7.45. The first-order chi connectivity index (χ1) is 9.69. The second-order valence-corrected chi connectivity index (χ2v) is 5.12. The Morgan fingerprint density at radius 3 is 2.85 bits per heavy atom. The molecule has 0 spiro atoms. The Kier molecular flexibility index (Phi) is 5.61. The van der Waals surface area contributed by atoms with Crippen LogP contribution in [0.2, 0.25) is 0 Å². The number of aliphatic hydroxyl groups is 1. The number of aliphatic hydroxyl groups excluding tert-OH is 1. The lowest BCUT2D eigenvalue weighted by molar-refractivity contribution is -0.00117. The third-order valence-corrected chi connectivity index (χ3v) is 3.52. The van der Waals surface area contributed by atoms with Crippen LogP contribution in [-0.2, 0) is 4.74 Å². The van der Waals surface area contributed by atoms with E-state index in [4.69, 9.17) is 9.47 Å². The third-order valence-electron chi connectivity index (χ3n) is 3.52. The summed E-state index contributed by atoms with van der Waals surface area (Å²) in [5.41, 5.74) is 0.711. The summed E-state index contributed by atoms with van der Waals surface area (Å²) in [6.07, 6.45) is 4.34. The highest BCUT2D eigenvalue weighted by atomic mass is 19.1. The molecule has 0 amide bonds. The number of hydrogen-bond acceptors (Lipinski definition) is 4. The van der Waals surface area contributed by atoms with Gasteiger partial charge < -0.3 is 19.9 Å². The molecule has 1 aliphatic rings. The highest BCUT2D eigenvalue weighted by molar-refractivity contribution is 5.48. The number of nitrogens with one attached hydrogen (secondary N) is 1. The van der Waals surface area contributed by atoms with Crippen LogP contribution in [0, 0.1) is 5.82 Å². The summed E-state index contributed by atoms with van der Waals surface area (Å²) < 4.78 is 23.8. The quantitative estimate of drug-likeness (QED) is 0.807. The van der Waals surface area contributed by atoms with Gasteiger partial charge in [0.05, 0.1) is 25.9 Å². The Labute approximate surface area is 118 Å². The van der Waals surface area contributed by atoms with Crippen molar-refractivity contribution < 1.29 is 19.0 Å². The lowest BCUT2D eigenvalue weighted by Crippen LogP contribution is -2.27. The van der Waals surface area contributed by atoms with Crippen LogP contribution in [-0.4, -0.2) is 37.6 Å². The number of anilines is 1. The van der Waals surface area contributed by atoms with Crippen LogP contribution in [0.25, 0.3) is 0 Å². The minimum atomic E-state index is -0.577. The monoisotopic (exact) mass is 283 g/mol. The van der Waals surface area contributed by atoms with Gasteiger partial charge in [0.15, 0.2) is 11.6 Å². The molecule has 20 heavy (non-hydrogen) atoms. The van der Waals surface area contributed by atoms with Gasteiger partial charge in [-0.2, -0.15) is 0 Å². The van der Waals surface area contributed by atoms with E-state index < -0.39 is 11.9 Å². The van der Waals surface area contributed by atoms with Crippen LogP contribution in [0.15, 0.2) is 18.2 Å². The van der Waals surface area contributed by atoms with E-state index in [-0.39, 0.29) is 5.75 Å². The summed E-state index contributed by atoms with van der Waals surface area (Å²) in [6, 6.07) is 4.52. The zero-order valence-corrected chi connectivity index (χ0v) is 11.8. The van der Waals surface area contributed by atoms with Gasteiger partial charge in [-0.05, 0) is 25.0 Å². The van der Waals surface area contributed by atoms with Crippen LogP contribution in [0.4, 0.5) is 10.1 Å². The van der Waals surface area contributed by atoms with Crippen molar-refractivity contribution in [3.05, 3.63) is 24.0 Å². The molecule has 0 radical (unpaired) electrons. The fraction of sp³-hybridized carbons (Fsp3) is 0.600. The van der Waals surface area contributed by atoms with Crippen molar-refractivity contribution in [1.29, 1.82) is 0 Å². The zero-order valence-electron chi connectivity index (χ0n) is 11.8. The van der Waals surface area contributed by atoms with Crippen molar-refractivity contribution in [2.24, 2.45) is 0 Å². The summed E-state index contributed by atoms with van der Waals surface area (Å²) in [5.74, 6) is -0.213. The molecule has 0 saturated heterocycles. The summed E-state index contributed by atoms with van der Waals surface area (Å²) in [4.78, 5) is 0. The van der Waals surface area contributed by atoms with E-state index in [1.54, 1.807) is 12.1 Å². The first-order valence-corrected chi connectivity index (χ1v) is 7.06. The summed E-state index contributed by atoms with van der Waals surface area (Å²) in [6.45, 7) is 0.692. The first kappa shape index (κ1) is 15.1. The summed E-state index contributed by atoms with van der Waals surface area (Å²) in [5, 5.41) is 12.9. The fourth-order valence-corrected chi connectivity index (χ4v) is 2.37. The average Bonchev–Trinajstić information content (AvgIpc) is 2.97. The molecule has 1 atom stereocenters. The summed E-state index contributed by atoms with van der Waals surface area (Å²) >= 11 is 0. The van der Waals surface area contributed by atoms with Gasteiger partial charge in [0.25, 0.3) is 0 Å². The maximum absolute atomic E-state index is 13.2. The number of rotatable bonds is 7. The third kappa shape index (κ3) is 4.35.